The van der Waals surface area contributed by atoms with E-state index in [1.165, 1.54) is 10.7 Å². The molecule has 1 unspecified atom stereocenters. The Bertz CT molecular complexity index is 386. The number of rotatable bonds is 5. The lowest BCUT2D eigenvalue weighted by molar-refractivity contribution is 0.564. The highest BCUT2D eigenvalue weighted by atomic mass is 32.2. The average molecular weight is 301 g/mol. The van der Waals surface area contributed by atoms with Crippen LogP contribution in [-0.4, -0.2) is 28.6 Å². The number of thiazole rings is 1. The van der Waals surface area contributed by atoms with Crippen molar-refractivity contribution in [1.29, 1.82) is 0 Å². The van der Waals surface area contributed by atoms with Crippen LogP contribution in [0.3, 0.4) is 0 Å². The Hall–Kier alpha value is -0.0600. The quantitative estimate of drug-likeness (QED) is 0.886. The fourth-order valence-corrected chi connectivity index (χ4v) is 3.64. The number of hydrogen-bond acceptors (Lipinski definition) is 4. The second-order valence-electron chi connectivity index (χ2n) is 6.99. The number of nitrogens with zero attached hydrogens (tertiary/aromatic N) is 1. The van der Waals surface area contributed by atoms with Crippen LogP contribution in [0.5, 0.6) is 0 Å². The molecule has 0 aliphatic carbocycles. The van der Waals surface area contributed by atoms with Gasteiger partial charge in [0.05, 0.1) is 10.7 Å². The predicted molar refractivity (Wildman–Crippen MR) is 89.6 cm³/mol. The van der Waals surface area contributed by atoms with E-state index >= 15 is 0 Å². The molecule has 0 saturated heterocycles. The molecule has 0 aromatic carbocycles. The van der Waals surface area contributed by atoms with Gasteiger partial charge < -0.3 is 5.32 Å². The van der Waals surface area contributed by atoms with E-state index in [1.54, 1.807) is 11.3 Å². The van der Waals surface area contributed by atoms with Gasteiger partial charge in [0.15, 0.2) is 0 Å². The van der Waals surface area contributed by atoms with Crippen molar-refractivity contribution in [1.82, 2.24) is 10.3 Å². The molecule has 4 heteroatoms. The zero-order valence-corrected chi connectivity index (χ0v) is 15.0. The summed E-state index contributed by atoms with van der Waals surface area (Å²) in [5, 5.41) is 6.87. The van der Waals surface area contributed by atoms with E-state index in [1.807, 2.05) is 18.8 Å². The fourth-order valence-electron chi connectivity index (χ4n) is 1.55. The maximum atomic E-state index is 4.78. The van der Waals surface area contributed by atoms with Crippen LogP contribution in [0.15, 0.2) is 5.38 Å². The summed E-state index contributed by atoms with van der Waals surface area (Å²) >= 11 is 3.81. The molecule has 0 spiro atoms. The normalized spacial score (nSPS) is 14.7. The molecule has 0 saturated carbocycles. The van der Waals surface area contributed by atoms with Gasteiger partial charge in [0, 0.05) is 33.8 Å². The smallest absolute Gasteiger partial charge is 0.0944 e. The molecule has 0 amide bonds. The van der Waals surface area contributed by atoms with Gasteiger partial charge in [-0.3, -0.25) is 0 Å². The van der Waals surface area contributed by atoms with Crippen LogP contribution in [0.4, 0.5) is 0 Å². The monoisotopic (exact) mass is 300 g/mol. The highest BCUT2D eigenvalue weighted by Gasteiger charge is 2.20. The van der Waals surface area contributed by atoms with E-state index in [4.69, 9.17) is 4.98 Å². The van der Waals surface area contributed by atoms with Gasteiger partial charge in [-0.1, -0.05) is 41.5 Å². The number of thioether (sulfide) groups is 1. The van der Waals surface area contributed by atoms with Gasteiger partial charge in [0.1, 0.15) is 0 Å². The Labute approximate surface area is 126 Å². The molecule has 0 fully saturated rings. The molecule has 1 rings (SSSR count). The van der Waals surface area contributed by atoms with E-state index in [-0.39, 0.29) is 5.41 Å². The minimum atomic E-state index is 0.157. The minimum Gasteiger partial charge on any atom is -0.316 e. The zero-order chi connectivity index (χ0) is 14.7. The molecule has 1 aromatic heterocycles. The lowest BCUT2D eigenvalue weighted by atomic mass is 9.93. The second-order valence-corrected chi connectivity index (χ2v) is 9.78. The highest BCUT2D eigenvalue weighted by molar-refractivity contribution is 8.00. The summed E-state index contributed by atoms with van der Waals surface area (Å²) in [4.78, 5) is 4.78. The molecular formula is C15H28N2S2. The number of nitrogens with one attached hydrogen (secondary N) is 1. The number of aromatic nitrogens is 1. The molecule has 1 atom stereocenters. The number of hydrogen-bond donors (Lipinski definition) is 1. The topological polar surface area (TPSA) is 24.9 Å². The van der Waals surface area contributed by atoms with E-state index < -0.39 is 0 Å². The molecular weight excluding hydrogens is 272 g/mol. The van der Waals surface area contributed by atoms with Crippen LogP contribution in [0.2, 0.25) is 0 Å². The van der Waals surface area contributed by atoms with Crippen LogP contribution in [-0.2, 0) is 11.8 Å². The van der Waals surface area contributed by atoms with Gasteiger partial charge in [-0.15, -0.1) is 11.3 Å². The third-order valence-electron chi connectivity index (χ3n) is 2.87. The SMILES string of the molecule is CNC(CSC(C)(C)C)Cc1nc(C(C)(C)C)cs1. The van der Waals surface area contributed by atoms with Crippen molar-refractivity contribution < 1.29 is 0 Å². The molecule has 0 radical (unpaired) electrons. The molecule has 1 heterocycles. The van der Waals surface area contributed by atoms with Gasteiger partial charge in [0.2, 0.25) is 0 Å². The van der Waals surface area contributed by atoms with Gasteiger partial charge in [0.25, 0.3) is 0 Å². The second kappa shape index (κ2) is 6.59. The Morgan fingerprint density at radius 1 is 1.26 bits per heavy atom. The van der Waals surface area contributed by atoms with Crippen LogP contribution < -0.4 is 5.32 Å². The third kappa shape index (κ3) is 6.28. The van der Waals surface area contributed by atoms with E-state index in [2.05, 4.69) is 52.2 Å². The van der Waals surface area contributed by atoms with Gasteiger partial charge in [-0.2, -0.15) is 11.8 Å². The molecule has 110 valence electrons. The number of likely N-dealkylation sites (N-methyl/N-ethyl adjacent to an activating group) is 1. The van der Waals surface area contributed by atoms with Crippen LogP contribution in [0, 0.1) is 0 Å². The van der Waals surface area contributed by atoms with E-state index in [9.17, 15) is 0 Å². The van der Waals surface area contributed by atoms with Crippen molar-refractivity contribution in [2.24, 2.45) is 0 Å². The van der Waals surface area contributed by atoms with Crippen molar-refractivity contribution >= 4 is 23.1 Å². The first-order valence-electron chi connectivity index (χ1n) is 6.88. The Morgan fingerprint density at radius 3 is 2.32 bits per heavy atom. The molecule has 0 aliphatic heterocycles. The molecule has 0 bridgehead atoms. The molecule has 0 aliphatic rings. The maximum Gasteiger partial charge on any atom is 0.0944 e. The Kier molecular flexibility index (Phi) is 5.90. The summed E-state index contributed by atoms with van der Waals surface area (Å²) in [7, 11) is 2.05. The first-order valence-corrected chi connectivity index (χ1v) is 8.74. The van der Waals surface area contributed by atoms with Crippen LogP contribution in [0.25, 0.3) is 0 Å². The van der Waals surface area contributed by atoms with Gasteiger partial charge in [-0.05, 0) is 7.05 Å². The maximum absolute atomic E-state index is 4.78. The molecule has 2 nitrogen and oxygen atoms in total. The zero-order valence-electron chi connectivity index (χ0n) is 13.3. The largest absolute Gasteiger partial charge is 0.316 e. The predicted octanol–water partition coefficient (Wildman–Crippen LogP) is 4.10. The summed E-state index contributed by atoms with van der Waals surface area (Å²) in [6.45, 7) is 13.5. The summed E-state index contributed by atoms with van der Waals surface area (Å²) < 4.78 is 0.328. The fraction of sp³-hybridized carbons (Fsp3) is 0.800. The van der Waals surface area contributed by atoms with Crippen LogP contribution in [0.1, 0.15) is 52.2 Å². The summed E-state index contributed by atoms with van der Waals surface area (Å²) in [5.41, 5.74) is 1.37. The van der Waals surface area contributed by atoms with E-state index in [0.717, 1.165) is 12.2 Å². The van der Waals surface area contributed by atoms with Crippen molar-refractivity contribution in [3.63, 3.8) is 0 Å². The minimum absolute atomic E-state index is 0.157. The summed E-state index contributed by atoms with van der Waals surface area (Å²) in [6, 6.07) is 0.503. The molecule has 1 N–H and O–H groups in total. The van der Waals surface area contributed by atoms with Crippen molar-refractivity contribution in [2.75, 3.05) is 12.8 Å². The average Bonchev–Trinajstić information content (AvgIpc) is 2.70. The van der Waals surface area contributed by atoms with E-state index in [0.29, 0.717) is 10.8 Å². The summed E-state index contributed by atoms with van der Waals surface area (Å²) in [6.07, 6.45) is 1.03. The van der Waals surface area contributed by atoms with Crippen molar-refractivity contribution in [3.8, 4) is 0 Å². The highest BCUT2D eigenvalue weighted by Crippen LogP contribution is 2.27. The molecule has 19 heavy (non-hydrogen) atoms. The van der Waals surface area contributed by atoms with Gasteiger partial charge in [-0.25, -0.2) is 4.98 Å². The van der Waals surface area contributed by atoms with Crippen molar-refractivity contribution in [3.05, 3.63) is 16.1 Å². The third-order valence-corrected chi connectivity index (χ3v) is 5.17. The first kappa shape index (κ1) is 17.0. The van der Waals surface area contributed by atoms with Gasteiger partial charge >= 0.3 is 0 Å². The standard InChI is InChI=1S/C15H28N2S2/c1-14(2,3)12-10-18-13(17-12)8-11(16-7)9-19-15(4,5)6/h10-11,16H,8-9H2,1-7H3. The molecule has 1 aromatic rings. The lowest BCUT2D eigenvalue weighted by Gasteiger charge is -2.22. The lowest BCUT2D eigenvalue weighted by Crippen LogP contribution is -2.31. The Morgan fingerprint density at radius 2 is 1.89 bits per heavy atom. The Balaban J connectivity index is 2.59. The summed E-state index contributed by atoms with van der Waals surface area (Å²) in [5.74, 6) is 1.13. The first-order chi connectivity index (χ1) is 8.62. The van der Waals surface area contributed by atoms with Crippen molar-refractivity contribution in [2.45, 2.75) is 64.2 Å². The van der Waals surface area contributed by atoms with Crippen LogP contribution >= 0.6 is 23.1 Å².